The molecular formula is C20H46F3N3O11Si8. The Morgan fingerprint density at radius 1 is 0.556 bits per heavy atom. The zero-order chi connectivity index (χ0) is 33.7. The first kappa shape index (κ1) is 39.1. The van der Waals surface area contributed by atoms with Crippen LogP contribution >= 0.6 is 0 Å². The molecule has 25 heteroatoms. The number of halogens is 3. The smallest absolute Gasteiger partial charge is 0.390 e. The summed E-state index contributed by atoms with van der Waals surface area (Å²) in [6.45, 7) is 14.0. The molecule has 4 atom stereocenters. The highest BCUT2D eigenvalue weighted by Crippen LogP contribution is 2.24. The summed E-state index contributed by atoms with van der Waals surface area (Å²) in [5, 5.41) is 0. The van der Waals surface area contributed by atoms with Crippen LogP contribution in [0.25, 0.3) is 0 Å². The van der Waals surface area contributed by atoms with Gasteiger partial charge in [0.15, 0.2) is 0 Å². The molecular weight excluding hydrogens is 740 g/mol. The fourth-order valence-electron chi connectivity index (χ4n) is 5.56. The Balaban J connectivity index is 1.83. The molecule has 4 unspecified atom stereocenters. The van der Waals surface area contributed by atoms with E-state index in [-0.39, 0.29) is 25.9 Å². The molecule has 2 fully saturated rings. The second-order valence-corrected chi connectivity index (χ2v) is 32.0. The van der Waals surface area contributed by atoms with Gasteiger partial charge in [-0.2, -0.15) is 13.2 Å². The van der Waals surface area contributed by atoms with Crippen LogP contribution in [0.15, 0.2) is 14.4 Å². The van der Waals surface area contributed by atoms with Crippen molar-refractivity contribution in [2.24, 2.45) is 0 Å². The first-order chi connectivity index (χ1) is 20.8. The molecule has 2 aliphatic rings. The van der Waals surface area contributed by atoms with Gasteiger partial charge in [-0.05, 0) is 77.3 Å². The van der Waals surface area contributed by atoms with Crippen molar-refractivity contribution in [3.05, 3.63) is 31.5 Å². The number of hydrogen-bond acceptors (Lipinski definition) is 11. The molecule has 0 amide bonds. The quantitative estimate of drug-likeness (QED) is 0.303. The van der Waals surface area contributed by atoms with E-state index in [4.69, 9.17) is 32.9 Å². The van der Waals surface area contributed by atoms with E-state index in [1.165, 1.54) is 0 Å². The van der Waals surface area contributed by atoms with E-state index < -0.39 is 109 Å². The van der Waals surface area contributed by atoms with Crippen molar-refractivity contribution in [2.75, 3.05) is 0 Å². The first-order valence-electron chi connectivity index (χ1n) is 15.1. The molecule has 0 radical (unpaired) electrons. The van der Waals surface area contributed by atoms with Gasteiger partial charge in [0.2, 0.25) is 0 Å². The minimum atomic E-state index is -4.60. The molecule has 0 N–H and O–H groups in total. The fourth-order valence-corrected chi connectivity index (χ4v) is 34.9. The number of alkyl halides is 3. The zero-order valence-electron chi connectivity index (χ0n) is 27.1. The highest BCUT2D eigenvalue weighted by Gasteiger charge is 2.40. The minimum absolute atomic E-state index is 0.125. The van der Waals surface area contributed by atoms with Gasteiger partial charge in [-0.25, -0.2) is 28.1 Å². The molecule has 2 saturated heterocycles. The summed E-state index contributed by atoms with van der Waals surface area (Å²) in [5.74, 6) is 0. The van der Waals surface area contributed by atoms with Gasteiger partial charge in [-0.1, -0.05) is 0 Å². The molecule has 0 bridgehead atoms. The maximum atomic E-state index is 13.5. The number of rotatable bonds is 10. The van der Waals surface area contributed by atoms with E-state index in [9.17, 15) is 27.6 Å². The average Bonchev–Trinajstić information content (AvgIpc) is 2.84. The number of aromatic nitrogens is 3. The second-order valence-electron chi connectivity index (χ2n) is 11.6. The largest absolute Gasteiger partial charge is 0.420 e. The van der Waals surface area contributed by atoms with Crippen LogP contribution < -0.4 is 17.1 Å². The first-order valence-corrected chi connectivity index (χ1v) is 32.8. The van der Waals surface area contributed by atoms with Crippen LogP contribution in [0, 0.1) is 0 Å². The topological polar surface area (TPSA) is 140 Å². The monoisotopic (exact) mass is 785 g/mol. The predicted octanol–water partition coefficient (Wildman–Crippen LogP) is 0.310. The Bertz CT molecular complexity index is 1210. The maximum absolute atomic E-state index is 13.5. The van der Waals surface area contributed by atoms with Gasteiger partial charge in [0.25, 0.3) is 55.7 Å². The van der Waals surface area contributed by atoms with Gasteiger partial charge in [0.05, 0.1) is 6.42 Å². The molecule has 45 heavy (non-hydrogen) atoms. The summed E-state index contributed by atoms with van der Waals surface area (Å²) in [5.41, 5.74) is -3.03. The van der Waals surface area contributed by atoms with Crippen molar-refractivity contribution in [2.45, 2.75) is 110 Å². The molecule has 1 aromatic rings. The Kier molecular flexibility index (Phi) is 14.2. The van der Waals surface area contributed by atoms with E-state index >= 15 is 0 Å². The van der Waals surface area contributed by atoms with Crippen LogP contribution in [-0.2, 0) is 52.6 Å². The van der Waals surface area contributed by atoms with Crippen molar-refractivity contribution in [1.82, 2.24) is 13.7 Å². The third kappa shape index (κ3) is 11.9. The van der Waals surface area contributed by atoms with Crippen LogP contribution in [0.1, 0.15) is 19.3 Å². The molecule has 0 aliphatic carbocycles. The van der Waals surface area contributed by atoms with Crippen molar-refractivity contribution in [3.8, 4) is 0 Å². The van der Waals surface area contributed by atoms with E-state index in [2.05, 4.69) is 0 Å². The molecule has 1 aromatic heterocycles. The maximum Gasteiger partial charge on any atom is 0.390 e. The van der Waals surface area contributed by atoms with Crippen LogP contribution in [0.3, 0.4) is 0 Å². The van der Waals surface area contributed by atoms with E-state index in [1.807, 2.05) is 52.4 Å². The highest BCUT2D eigenvalue weighted by atomic mass is 28.5. The minimum Gasteiger partial charge on any atom is -0.420 e. The molecule has 0 saturated carbocycles. The summed E-state index contributed by atoms with van der Waals surface area (Å²) >= 11 is 0. The average molecular weight is 786 g/mol. The molecule has 14 nitrogen and oxygen atoms in total. The molecule has 0 aromatic carbocycles. The van der Waals surface area contributed by atoms with Crippen molar-refractivity contribution in [3.63, 3.8) is 0 Å². The lowest BCUT2D eigenvalue weighted by Gasteiger charge is -2.37. The third-order valence-electron chi connectivity index (χ3n) is 7.22. The Labute approximate surface area is 272 Å². The predicted molar refractivity (Wildman–Crippen MR) is 179 cm³/mol. The normalized spacial score (nSPS) is 33.7. The van der Waals surface area contributed by atoms with E-state index in [1.54, 1.807) is 0 Å². The van der Waals surface area contributed by atoms with Gasteiger partial charge in [-0.15, -0.1) is 0 Å². The molecule has 3 heterocycles. The van der Waals surface area contributed by atoms with Crippen molar-refractivity contribution in [1.29, 1.82) is 0 Å². The van der Waals surface area contributed by atoms with Crippen LogP contribution in [-0.4, -0.2) is 92.7 Å². The van der Waals surface area contributed by atoms with Crippen molar-refractivity contribution < 1.29 is 46.1 Å². The van der Waals surface area contributed by atoms with Crippen LogP contribution in [0.4, 0.5) is 13.2 Å². The van der Waals surface area contributed by atoms with Gasteiger partial charge in [0, 0.05) is 19.6 Å². The van der Waals surface area contributed by atoms with E-state index in [0.717, 1.165) is 9.13 Å². The number of nitrogens with zero attached hydrogens (tertiary/aromatic N) is 3. The summed E-state index contributed by atoms with van der Waals surface area (Å²) in [7, 11) is -17.4. The Morgan fingerprint density at radius 3 is 1.13 bits per heavy atom. The van der Waals surface area contributed by atoms with Gasteiger partial charge >= 0.3 is 40.4 Å². The van der Waals surface area contributed by atoms with Crippen LogP contribution in [0.5, 0.6) is 0 Å². The number of hydrogen-bond donors (Lipinski definition) is 0. The molecule has 0 spiro atoms. The molecule has 3 rings (SSSR count). The SMILES string of the molecule is C[SiH]1O[SiH](C)O[Si](C)(CCCn2c(=O)n(CCC[Si]3(C)O[SiH](C)O[SiH](C)O[SiH](C)O3)c(=O)n(CCC(F)(F)F)c2=O)O[SiH](C)O1. The Morgan fingerprint density at radius 2 is 0.844 bits per heavy atom. The lowest BCUT2D eigenvalue weighted by molar-refractivity contribution is -0.137. The summed E-state index contributed by atoms with van der Waals surface area (Å²) in [6.07, 6.45) is -5.46. The highest BCUT2D eigenvalue weighted by molar-refractivity contribution is 6.81. The van der Waals surface area contributed by atoms with Gasteiger partial charge < -0.3 is 32.9 Å². The fraction of sp³-hybridized carbons (Fsp3) is 0.850. The Hall–Kier alpha value is -0.385. The third-order valence-corrected chi connectivity index (χ3v) is 35.3. The standard InChI is InChI=1S/C20H46F3N3O11Si8/c1-38-30-40(3)34-44(7,35-41(4)31-38)15-9-12-24-17(27)25(19(29)26(18(24)28)14-11-20(21,22)23)13-10-16-45(8)36-42(5)32-39(2)33-43(6)37-45/h38-43H,9-16H2,1-8H3. The van der Waals surface area contributed by atoms with Crippen LogP contribution in [0.2, 0.25) is 64.5 Å². The van der Waals surface area contributed by atoms with Gasteiger partial charge in [-0.3, -0.25) is 0 Å². The summed E-state index contributed by atoms with van der Waals surface area (Å²) in [6, 6.07) is 0.790. The summed E-state index contributed by atoms with van der Waals surface area (Å²) < 4.78 is 90.3. The lowest BCUT2D eigenvalue weighted by Crippen LogP contribution is -2.56. The van der Waals surface area contributed by atoms with Crippen molar-refractivity contribution >= 4 is 72.8 Å². The second kappa shape index (κ2) is 16.3. The molecule has 2 aliphatic heterocycles. The lowest BCUT2D eigenvalue weighted by atomic mass is 10.4. The zero-order valence-corrected chi connectivity index (χ0v) is 36.0. The molecule has 260 valence electrons. The van der Waals surface area contributed by atoms with Gasteiger partial charge in [0.1, 0.15) is 0 Å². The van der Waals surface area contributed by atoms with E-state index in [0.29, 0.717) is 16.7 Å². The summed E-state index contributed by atoms with van der Waals surface area (Å²) in [4.78, 5) is 40.0.